The van der Waals surface area contributed by atoms with E-state index < -0.39 is 0 Å². The van der Waals surface area contributed by atoms with Gasteiger partial charge in [0.05, 0.1) is 23.9 Å². The average Bonchev–Trinajstić information content (AvgIpc) is 4.45. The van der Waals surface area contributed by atoms with E-state index in [-0.39, 0.29) is 22.0 Å². The normalized spacial score (nSPS) is 15.0. The molecule has 8 aromatic rings. The fourth-order valence-corrected chi connectivity index (χ4v) is 11.1. The van der Waals surface area contributed by atoms with Gasteiger partial charge in [-0.15, -0.1) is 10.2 Å². The van der Waals surface area contributed by atoms with Crippen molar-refractivity contribution in [3.63, 3.8) is 0 Å². The van der Waals surface area contributed by atoms with Gasteiger partial charge in [0.25, 0.3) is 0 Å². The van der Waals surface area contributed by atoms with Crippen LogP contribution in [0.3, 0.4) is 0 Å². The average molecular weight is 1180 g/mol. The first kappa shape index (κ1) is 63.9. The molecule has 0 radical (unpaired) electrons. The van der Waals surface area contributed by atoms with Crippen LogP contribution >= 0.6 is 34.8 Å². The van der Waals surface area contributed by atoms with Crippen LogP contribution in [0.5, 0.6) is 0 Å². The monoisotopic (exact) mass is 1180 g/mol. The summed E-state index contributed by atoms with van der Waals surface area (Å²) in [6.07, 6.45) is 8.52. The molecule has 1 N–H and O–H groups in total. The van der Waals surface area contributed by atoms with Crippen molar-refractivity contribution in [2.75, 3.05) is 59.0 Å². The fraction of sp³-hybridized carbons (Fsp3) is 0.394. The lowest BCUT2D eigenvalue weighted by Gasteiger charge is -2.41. The number of piperidine rings is 2. The molecule has 0 spiro atoms. The van der Waals surface area contributed by atoms with Crippen LogP contribution in [-0.4, -0.2) is 120 Å². The van der Waals surface area contributed by atoms with E-state index >= 15 is 0 Å². The lowest BCUT2D eigenvalue weighted by atomic mass is 9.72. The van der Waals surface area contributed by atoms with E-state index in [4.69, 9.17) is 39.5 Å². The third-order valence-electron chi connectivity index (χ3n) is 15.6. The van der Waals surface area contributed by atoms with Crippen LogP contribution < -0.4 is 5.32 Å². The number of ether oxygens (including phenoxy) is 1. The minimum Gasteiger partial charge on any atom is -0.381 e. The predicted octanol–water partition coefficient (Wildman–Crippen LogP) is 12.5. The zero-order valence-corrected chi connectivity index (χ0v) is 50.6. The highest BCUT2D eigenvalue weighted by molar-refractivity contribution is 6.63. The highest BCUT2D eigenvalue weighted by Gasteiger charge is 2.43. The number of nitrogens with zero attached hydrogens (tertiary/aromatic N) is 10. The summed E-state index contributed by atoms with van der Waals surface area (Å²) in [5.41, 5.74) is 6.52. The van der Waals surface area contributed by atoms with Gasteiger partial charge in [-0.2, -0.15) is 0 Å². The molecule has 3 aliphatic rings. The van der Waals surface area contributed by atoms with Crippen molar-refractivity contribution in [3.8, 4) is 0 Å². The number of amides is 1. The summed E-state index contributed by atoms with van der Waals surface area (Å²) >= 11 is 17.2. The molecule has 6 aromatic carbocycles. The summed E-state index contributed by atoms with van der Waals surface area (Å²) in [6.45, 7) is 16.6. The molecule has 0 bridgehead atoms. The molecular formula is C66H80Cl3N11O3. The molecule has 17 heteroatoms. The molecule has 0 aliphatic carbocycles. The van der Waals surface area contributed by atoms with Gasteiger partial charge in [0.1, 0.15) is 0 Å². The zero-order chi connectivity index (χ0) is 58.5. The molecule has 0 atom stereocenters. The maximum absolute atomic E-state index is 13.0. The Bertz CT molecular complexity index is 3060. The quantitative estimate of drug-likeness (QED) is 0.0868. The minimum atomic E-state index is -0.354. The second-order valence-electron chi connectivity index (χ2n) is 20.9. The van der Waals surface area contributed by atoms with E-state index in [1.165, 1.54) is 49.2 Å². The molecule has 2 aromatic heterocycles. The maximum Gasteiger partial charge on any atom is 0.222 e. The van der Waals surface area contributed by atoms with Crippen LogP contribution in [0, 0.1) is 0 Å². The number of tetrazole rings is 2. The molecule has 3 fully saturated rings. The van der Waals surface area contributed by atoms with Crippen LogP contribution in [0.25, 0.3) is 0 Å². The Kier molecular flexibility index (Phi) is 26.3. The van der Waals surface area contributed by atoms with Crippen LogP contribution in [-0.2, 0) is 51.1 Å². The van der Waals surface area contributed by atoms with Crippen LogP contribution in [0.4, 0.5) is 0 Å². The molecule has 3 aliphatic heterocycles. The summed E-state index contributed by atoms with van der Waals surface area (Å²) in [5, 5.41) is 30.3. The third-order valence-corrected chi connectivity index (χ3v) is 16.3. The van der Waals surface area contributed by atoms with Crippen LogP contribution in [0.2, 0.25) is 10.0 Å². The molecule has 0 saturated carbocycles. The van der Waals surface area contributed by atoms with Gasteiger partial charge in [-0.1, -0.05) is 190 Å². The van der Waals surface area contributed by atoms with Gasteiger partial charge in [0.2, 0.25) is 11.1 Å². The van der Waals surface area contributed by atoms with Crippen molar-refractivity contribution in [2.45, 2.75) is 109 Å². The van der Waals surface area contributed by atoms with Gasteiger partial charge in [-0.05, 0) is 174 Å². The van der Waals surface area contributed by atoms with Crippen molar-refractivity contribution < 1.29 is 14.3 Å². The molecule has 0 unspecified atom stereocenters. The summed E-state index contributed by atoms with van der Waals surface area (Å²) in [6, 6.07) is 56.6. The van der Waals surface area contributed by atoms with Gasteiger partial charge in [-0.3, -0.25) is 9.59 Å². The Hall–Kier alpha value is -6.65. The summed E-state index contributed by atoms with van der Waals surface area (Å²) in [5.74, 6) is 1.99. The van der Waals surface area contributed by atoms with Crippen molar-refractivity contribution in [1.29, 1.82) is 0 Å². The third kappa shape index (κ3) is 19.5. The fourth-order valence-electron chi connectivity index (χ4n) is 10.7. The summed E-state index contributed by atoms with van der Waals surface area (Å²) in [7, 11) is 0. The van der Waals surface area contributed by atoms with Gasteiger partial charge < -0.3 is 19.9 Å². The number of nitrogens with one attached hydrogen (secondary N) is 1. The topological polar surface area (TPSA) is 149 Å². The number of aryl methyl sites for hydroxylation is 2. The van der Waals surface area contributed by atoms with E-state index in [2.05, 4.69) is 129 Å². The van der Waals surface area contributed by atoms with Gasteiger partial charge in [0, 0.05) is 49.2 Å². The number of benzene rings is 6. The lowest BCUT2D eigenvalue weighted by molar-refractivity contribution is -0.132. The minimum absolute atomic E-state index is 0.150. The number of carbonyl (C=O) groups excluding carboxylic acids is 2. The highest BCUT2D eigenvalue weighted by Crippen LogP contribution is 2.41. The molecule has 3 saturated heterocycles. The molecule has 438 valence electrons. The Morgan fingerprint density at radius 3 is 1.30 bits per heavy atom. The molecule has 83 heavy (non-hydrogen) atoms. The van der Waals surface area contributed by atoms with E-state index in [0.29, 0.717) is 44.0 Å². The summed E-state index contributed by atoms with van der Waals surface area (Å²) in [4.78, 5) is 27.8. The van der Waals surface area contributed by atoms with Crippen molar-refractivity contribution in [1.82, 2.24) is 55.5 Å². The number of hydrogen-bond acceptors (Lipinski definition) is 11. The molecular weight excluding hydrogens is 1100 g/mol. The first-order valence-electron chi connectivity index (χ1n) is 29.2. The molecule has 14 nitrogen and oxygen atoms in total. The highest BCUT2D eigenvalue weighted by atomic mass is 35.5. The van der Waals surface area contributed by atoms with Crippen molar-refractivity contribution in [2.24, 2.45) is 0 Å². The Labute approximate surface area is 505 Å². The first-order chi connectivity index (χ1) is 40.5. The van der Waals surface area contributed by atoms with Crippen molar-refractivity contribution in [3.05, 3.63) is 225 Å². The smallest absolute Gasteiger partial charge is 0.222 e. The number of hydrogen-bond donors (Lipinski definition) is 1. The van der Waals surface area contributed by atoms with Gasteiger partial charge >= 0.3 is 0 Å². The molecule has 11 rings (SSSR count). The Morgan fingerprint density at radius 2 is 0.928 bits per heavy atom. The largest absolute Gasteiger partial charge is 0.381 e. The van der Waals surface area contributed by atoms with E-state index in [1.54, 1.807) is 0 Å². The number of rotatable bonds is 17. The second kappa shape index (κ2) is 34.2. The first-order valence-corrected chi connectivity index (χ1v) is 30.4. The van der Waals surface area contributed by atoms with E-state index in [1.807, 2.05) is 117 Å². The number of halogens is 3. The SMILES string of the molecule is C1CCOC1.CCN(CC)CC.Clc1ccc(Cn2nnnc2C2(c3ccccc3)CCNCC2)cc1.O=C(CCc1ccccc1)N1CCC(c2ccccc2)(c2nnnn2Cc2ccc(Cl)cc2)CC1.O=C(Cl)CCc1ccccc1. The number of carbonyl (C=O) groups is 2. The Balaban J connectivity index is 0.000000177. The zero-order valence-electron chi connectivity index (χ0n) is 48.3. The maximum atomic E-state index is 13.0. The predicted molar refractivity (Wildman–Crippen MR) is 333 cm³/mol. The molecule has 1 amide bonds. The van der Waals surface area contributed by atoms with E-state index in [9.17, 15) is 9.59 Å². The van der Waals surface area contributed by atoms with Crippen LogP contribution in [0.15, 0.2) is 170 Å². The van der Waals surface area contributed by atoms with Gasteiger partial charge in [-0.25, -0.2) is 9.36 Å². The van der Waals surface area contributed by atoms with Crippen LogP contribution in [0.1, 0.15) is 117 Å². The van der Waals surface area contributed by atoms with E-state index in [0.717, 1.165) is 98.2 Å². The van der Waals surface area contributed by atoms with Crippen molar-refractivity contribution >= 4 is 46.0 Å². The lowest BCUT2D eigenvalue weighted by Crippen LogP contribution is -2.47. The number of likely N-dealkylation sites (tertiary alicyclic amines) is 1. The Morgan fingerprint density at radius 1 is 0.530 bits per heavy atom. The standard InChI is InChI=1S/C28H28ClN5O.C19H20ClN5.C9H9ClO.C6H15N.C4H8O/c29-25-14-11-23(12-15-25)21-34-27(30-31-32-34)28(24-9-5-2-6-10-24)17-19-33(20-18-28)26(35)16-13-22-7-3-1-4-8-22;20-17-8-6-15(7-9-17)14-25-18(22-23-24-25)19(10-12-21-13-11-19)16-4-2-1-3-5-16;10-9(11)7-6-8-4-2-1-3-5-8;1-4-7(5-2)6-3;1-2-4-5-3-1/h1-12,14-15H,13,16-21H2;1-9,21H,10-14H2;1-5H,6-7H2;4-6H2,1-3H3;1-4H2. The second-order valence-corrected chi connectivity index (χ2v) is 22.2. The molecule has 5 heterocycles. The number of aromatic nitrogens is 8. The van der Waals surface area contributed by atoms with Gasteiger partial charge in [0.15, 0.2) is 11.6 Å². The summed E-state index contributed by atoms with van der Waals surface area (Å²) < 4.78 is 8.77.